The summed E-state index contributed by atoms with van der Waals surface area (Å²) in [5.74, 6) is 0. The zero-order chi connectivity index (χ0) is 28.2. The van der Waals surface area contributed by atoms with Crippen LogP contribution in [0.4, 0.5) is 17.1 Å². The summed E-state index contributed by atoms with van der Waals surface area (Å²) in [6.07, 6.45) is 0. The maximum Gasteiger partial charge on any atom is 0.494 e. The molecule has 0 radical (unpaired) electrons. The molecule has 0 N–H and O–H groups in total. The van der Waals surface area contributed by atoms with Crippen molar-refractivity contribution in [1.29, 1.82) is 0 Å². The van der Waals surface area contributed by atoms with Crippen molar-refractivity contribution in [3.05, 3.63) is 121 Å². The highest BCUT2D eigenvalue weighted by molar-refractivity contribution is 6.62. The molecule has 1 aliphatic heterocycles. The summed E-state index contributed by atoms with van der Waals surface area (Å²) in [4.78, 5) is 2.29. The maximum absolute atomic E-state index is 6.53. The quantitative estimate of drug-likeness (QED) is 0.206. The molecule has 5 heteroatoms. The van der Waals surface area contributed by atoms with E-state index in [2.05, 4.69) is 130 Å². The van der Waals surface area contributed by atoms with Gasteiger partial charge in [0.25, 0.3) is 0 Å². The van der Waals surface area contributed by atoms with Crippen LogP contribution in [0, 0.1) is 0 Å². The minimum absolute atomic E-state index is 0.411. The van der Waals surface area contributed by atoms with Crippen molar-refractivity contribution in [2.75, 3.05) is 4.90 Å². The van der Waals surface area contributed by atoms with Crippen molar-refractivity contribution in [3.63, 3.8) is 0 Å². The van der Waals surface area contributed by atoms with Crippen LogP contribution < -0.4 is 10.4 Å². The molecule has 1 fully saturated rings. The Bertz CT molecular complexity index is 1810. The fraction of sp³-hybridized carbons (Fsp3) is 0.167. The van der Waals surface area contributed by atoms with Crippen LogP contribution in [0.2, 0.25) is 0 Å². The maximum atomic E-state index is 6.53. The molecule has 1 saturated heterocycles. The number of nitrogens with zero attached hydrogens (tertiary/aromatic N) is 1. The topological polar surface area (TPSA) is 34.8 Å². The lowest BCUT2D eigenvalue weighted by Gasteiger charge is -2.32. The molecule has 5 aromatic carbocycles. The standard InChI is InChI=1S/C36H32BNO3/c1-35(2)36(3,4)41-37(40-35)26-15-13-14-25(22-26)31-23-29(24-32-30-20-11-12-21-33(30)39-34(31)32)38(27-16-7-5-8-17-27)28-18-9-6-10-19-28/h5-24H,1-4H3. The number of anilines is 3. The molecule has 6 aromatic rings. The third kappa shape index (κ3) is 4.42. The molecular weight excluding hydrogens is 505 g/mol. The lowest BCUT2D eigenvalue weighted by Crippen LogP contribution is -2.41. The van der Waals surface area contributed by atoms with Crippen LogP contribution >= 0.6 is 0 Å². The van der Waals surface area contributed by atoms with Gasteiger partial charge < -0.3 is 18.6 Å². The predicted molar refractivity (Wildman–Crippen MR) is 170 cm³/mol. The number of hydrogen-bond acceptors (Lipinski definition) is 4. The van der Waals surface area contributed by atoms with Gasteiger partial charge in [-0.25, -0.2) is 0 Å². The highest BCUT2D eigenvalue weighted by atomic mass is 16.7. The molecular formula is C36H32BNO3. The average Bonchev–Trinajstić information content (AvgIpc) is 3.46. The van der Waals surface area contributed by atoms with Crippen LogP contribution in [-0.2, 0) is 9.31 Å². The second-order valence-electron chi connectivity index (χ2n) is 11.7. The molecule has 1 aliphatic rings. The van der Waals surface area contributed by atoms with Gasteiger partial charge in [-0.1, -0.05) is 78.9 Å². The van der Waals surface area contributed by atoms with Crippen molar-refractivity contribution in [2.24, 2.45) is 0 Å². The lowest BCUT2D eigenvalue weighted by molar-refractivity contribution is 0.00578. The van der Waals surface area contributed by atoms with Gasteiger partial charge in [-0.15, -0.1) is 0 Å². The lowest BCUT2D eigenvalue weighted by atomic mass is 9.78. The summed E-state index contributed by atoms with van der Waals surface area (Å²) >= 11 is 0. The summed E-state index contributed by atoms with van der Waals surface area (Å²) in [5, 5.41) is 2.17. The second-order valence-corrected chi connectivity index (χ2v) is 11.7. The first kappa shape index (κ1) is 25.6. The van der Waals surface area contributed by atoms with Crippen molar-refractivity contribution in [3.8, 4) is 11.1 Å². The molecule has 0 atom stereocenters. The van der Waals surface area contributed by atoms with Gasteiger partial charge in [-0.2, -0.15) is 0 Å². The monoisotopic (exact) mass is 537 g/mol. The van der Waals surface area contributed by atoms with E-state index in [0.717, 1.165) is 55.6 Å². The van der Waals surface area contributed by atoms with Crippen molar-refractivity contribution in [1.82, 2.24) is 0 Å². The van der Waals surface area contributed by atoms with Crippen LogP contribution in [0.5, 0.6) is 0 Å². The fourth-order valence-electron chi connectivity index (χ4n) is 5.59. The zero-order valence-corrected chi connectivity index (χ0v) is 23.8. The van der Waals surface area contributed by atoms with Gasteiger partial charge in [0.1, 0.15) is 11.2 Å². The van der Waals surface area contributed by atoms with E-state index < -0.39 is 18.3 Å². The number of fused-ring (bicyclic) bond motifs is 3. The van der Waals surface area contributed by atoms with Gasteiger partial charge in [0.2, 0.25) is 0 Å². The van der Waals surface area contributed by atoms with E-state index in [-0.39, 0.29) is 0 Å². The van der Waals surface area contributed by atoms with Crippen LogP contribution in [0.15, 0.2) is 126 Å². The molecule has 0 spiro atoms. The van der Waals surface area contributed by atoms with E-state index in [9.17, 15) is 0 Å². The van der Waals surface area contributed by atoms with E-state index >= 15 is 0 Å². The first-order valence-electron chi connectivity index (χ1n) is 14.1. The van der Waals surface area contributed by atoms with Crippen LogP contribution in [0.25, 0.3) is 33.1 Å². The minimum Gasteiger partial charge on any atom is -0.455 e. The number of rotatable bonds is 5. The van der Waals surface area contributed by atoms with Gasteiger partial charge in [0, 0.05) is 33.4 Å². The van der Waals surface area contributed by atoms with Crippen molar-refractivity contribution >= 4 is 51.6 Å². The van der Waals surface area contributed by atoms with Gasteiger partial charge >= 0.3 is 7.12 Å². The van der Waals surface area contributed by atoms with Crippen LogP contribution in [0.1, 0.15) is 27.7 Å². The molecule has 4 nitrogen and oxygen atoms in total. The number of hydrogen-bond donors (Lipinski definition) is 0. The Balaban J connectivity index is 1.45. The van der Waals surface area contributed by atoms with Gasteiger partial charge in [-0.05, 0) is 81.2 Å². The Morgan fingerprint density at radius 2 is 1.17 bits per heavy atom. The number of benzene rings is 5. The third-order valence-corrected chi connectivity index (χ3v) is 8.47. The third-order valence-electron chi connectivity index (χ3n) is 8.47. The minimum atomic E-state index is -0.445. The van der Waals surface area contributed by atoms with Crippen LogP contribution in [0.3, 0.4) is 0 Å². The summed E-state index contributed by atoms with van der Waals surface area (Å²) < 4.78 is 19.3. The second kappa shape index (κ2) is 9.65. The molecule has 41 heavy (non-hydrogen) atoms. The molecule has 0 aliphatic carbocycles. The zero-order valence-electron chi connectivity index (χ0n) is 23.8. The van der Waals surface area contributed by atoms with E-state index in [1.807, 2.05) is 24.3 Å². The first-order valence-corrected chi connectivity index (χ1v) is 14.1. The molecule has 1 aromatic heterocycles. The molecule has 0 bridgehead atoms. The van der Waals surface area contributed by atoms with Crippen LogP contribution in [-0.4, -0.2) is 18.3 Å². The summed E-state index contributed by atoms with van der Waals surface area (Å²) in [5.41, 5.74) is 7.18. The molecule has 0 amide bonds. The Labute approximate surface area is 241 Å². The van der Waals surface area contributed by atoms with E-state index in [1.165, 1.54) is 0 Å². The molecule has 202 valence electrons. The summed E-state index contributed by atoms with van der Waals surface area (Å²) in [7, 11) is -0.445. The van der Waals surface area contributed by atoms with E-state index in [0.29, 0.717) is 0 Å². The van der Waals surface area contributed by atoms with Gasteiger partial charge in [-0.3, -0.25) is 0 Å². The largest absolute Gasteiger partial charge is 0.494 e. The molecule has 0 unspecified atom stereocenters. The normalized spacial score (nSPS) is 16.0. The van der Waals surface area contributed by atoms with Gasteiger partial charge in [0.15, 0.2) is 0 Å². The Kier molecular flexibility index (Phi) is 6.04. The van der Waals surface area contributed by atoms with E-state index in [1.54, 1.807) is 0 Å². The fourth-order valence-corrected chi connectivity index (χ4v) is 5.59. The average molecular weight is 537 g/mol. The molecule has 0 saturated carbocycles. The molecule has 2 heterocycles. The number of furan rings is 1. The smallest absolute Gasteiger partial charge is 0.455 e. The SMILES string of the molecule is CC1(C)OB(c2cccc(-c3cc(N(c4ccccc4)c4ccccc4)cc4c3oc3ccccc34)c2)OC1(C)C. The highest BCUT2D eigenvalue weighted by Gasteiger charge is 2.51. The number of para-hydroxylation sites is 3. The Morgan fingerprint density at radius 1 is 0.561 bits per heavy atom. The van der Waals surface area contributed by atoms with E-state index in [4.69, 9.17) is 13.7 Å². The Hall–Kier alpha value is -4.32. The summed E-state index contributed by atoms with van der Waals surface area (Å²) in [6, 6.07) is 42.1. The summed E-state index contributed by atoms with van der Waals surface area (Å²) in [6.45, 7) is 8.33. The van der Waals surface area contributed by atoms with Crippen molar-refractivity contribution < 1.29 is 13.7 Å². The molecule has 7 rings (SSSR count). The van der Waals surface area contributed by atoms with Crippen molar-refractivity contribution in [2.45, 2.75) is 38.9 Å². The first-order chi connectivity index (χ1) is 19.8. The predicted octanol–water partition coefficient (Wildman–Crippen LogP) is 9.02. The Morgan fingerprint density at radius 3 is 1.83 bits per heavy atom. The highest BCUT2D eigenvalue weighted by Crippen LogP contribution is 2.43. The van der Waals surface area contributed by atoms with Gasteiger partial charge in [0.05, 0.1) is 11.2 Å².